The summed E-state index contributed by atoms with van der Waals surface area (Å²) < 4.78 is 5.12. The van der Waals surface area contributed by atoms with Gasteiger partial charge in [-0.1, -0.05) is 20.8 Å². The summed E-state index contributed by atoms with van der Waals surface area (Å²) in [7, 11) is 0. The highest BCUT2D eigenvalue weighted by Crippen LogP contribution is 2.56. The number of carbonyl (C=O) groups is 1. The normalized spacial score (nSPS) is 34.6. The van der Waals surface area contributed by atoms with Crippen LogP contribution < -0.4 is 5.32 Å². The van der Waals surface area contributed by atoms with E-state index in [1.54, 1.807) is 6.92 Å². The van der Waals surface area contributed by atoms with Crippen LogP contribution in [0.5, 0.6) is 0 Å². The summed E-state index contributed by atoms with van der Waals surface area (Å²) in [6.45, 7) is 8.31. The Bertz CT molecular complexity index is 727. The van der Waals surface area contributed by atoms with Crippen molar-refractivity contribution in [2.75, 3.05) is 11.9 Å². The lowest BCUT2D eigenvalue weighted by molar-refractivity contribution is -0.129. The minimum absolute atomic E-state index is 0.120. The van der Waals surface area contributed by atoms with E-state index < -0.39 is 11.6 Å². The summed E-state index contributed by atoms with van der Waals surface area (Å²) in [6.07, 6.45) is 5.08. The molecular formula is C21H31N3O3. The van der Waals surface area contributed by atoms with Crippen LogP contribution in [0.25, 0.3) is 0 Å². The number of hydrogen-bond donors (Lipinski definition) is 2. The number of ether oxygens (including phenoxy) is 1. The molecule has 4 bridgehead atoms. The van der Waals surface area contributed by atoms with Gasteiger partial charge in [0.05, 0.1) is 17.9 Å². The van der Waals surface area contributed by atoms with Crippen LogP contribution in [-0.4, -0.2) is 39.3 Å². The number of rotatable bonds is 4. The van der Waals surface area contributed by atoms with E-state index in [1.807, 2.05) is 6.07 Å². The Labute approximate surface area is 161 Å². The number of anilines is 1. The lowest BCUT2D eigenvalue weighted by atomic mass is 9.52. The van der Waals surface area contributed by atoms with Crippen molar-refractivity contribution in [2.24, 2.45) is 17.8 Å². The number of carbonyl (C=O) groups excluding carboxylic acids is 1. The van der Waals surface area contributed by atoms with Gasteiger partial charge in [0.1, 0.15) is 5.82 Å². The molecule has 4 saturated carbocycles. The third kappa shape index (κ3) is 3.56. The number of aliphatic hydroxyl groups is 1. The first-order chi connectivity index (χ1) is 12.7. The van der Waals surface area contributed by atoms with Crippen molar-refractivity contribution in [3.8, 4) is 0 Å². The molecule has 1 aromatic rings. The van der Waals surface area contributed by atoms with E-state index >= 15 is 0 Å². The second-order valence-corrected chi connectivity index (χ2v) is 9.80. The summed E-state index contributed by atoms with van der Waals surface area (Å²) in [5.74, 6) is 1.94. The van der Waals surface area contributed by atoms with Gasteiger partial charge in [-0.3, -0.25) is 0 Å². The fraction of sp³-hybridized carbons (Fsp3) is 0.762. The number of aromatic nitrogens is 2. The van der Waals surface area contributed by atoms with Crippen LogP contribution >= 0.6 is 0 Å². The molecule has 0 aliphatic heterocycles. The Morgan fingerprint density at radius 1 is 1.26 bits per heavy atom. The van der Waals surface area contributed by atoms with E-state index in [0.29, 0.717) is 36.2 Å². The maximum atomic E-state index is 12.2. The van der Waals surface area contributed by atoms with E-state index in [1.165, 1.54) is 12.8 Å². The van der Waals surface area contributed by atoms with Crippen LogP contribution in [0, 0.1) is 17.8 Å². The molecule has 0 spiro atoms. The van der Waals surface area contributed by atoms with E-state index in [0.717, 1.165) is 25.0 Å². The van der Waals surface area contributed by atoms with E-state index in [2.05, 4.69) is 36.1 Å². The fourth-order valence-electron chi connectivity index (χ4n) is 5.58. The molecule has 1 aromatic heterocycles. The fourth-order valence-corrected chi connectivity index (χ4v) is 5.58. The van der Waals surface area contributed by atoms with Crippen molar-refractivity contribution in [3.63, 3.8) is 0 Å². The monoisotopic (exact) mass is 373 g/mol. The lowest BCUT2D eigenvalue weighted by Crippen LogP contribution is -2.59. The Hall–Kier alpha value is -1.69. The SMILES string of the molecule is CCOC(=O)c1nc(NC2C3CC4CC2CC(O)(C4)C3)cc(C(C)(C)C)n1. The van der Waals surface area contributed by atoms with E-state index in [-0.39, 0.29) is 11.2 Å². The summed E-state index contributed by atoms with van der Waals surface area (Å²) in [6, 6.07) is 2.27. The number of hydrogen-bond acceptors (Lipinski definition) is 6. The molecule has 2 unspecified atom stereocenters. The zero-order valence-electron chi connectivity index (χ0n) is 16.8. The third-order valence-electron chi connectivity index (χ3n) is 6.51. The van der Waals surface area contributed by atoms with E-state index in [4.69, 9.17) is 4.74 Å². The molecule has 4 fully saturated rings. The molecule has 0 aromatic carbocycles. The summed E-state index contributed by atoms with van der Waals surface area (Å²) in [5, 5.41) is 14.4. The molecule has 2 atom stereocenters. The van der Waals surface area contributed by atoms with Gasteiger partial charge in [0.25, 0.3) is 0 Å². The van der Waals surface area contributed by atoms with Crippen LogP contribution in [0.3, 0.4) is 0 Å². The highest BCUT2D eigenvalue weighted by molar-refractivity contribution is 5.85. The van der Waals surface area contributed by atoms with Crippen molar-refractivity contribution in [2.45, 2.75) is 76.9 Å². The topological polar surface area (TPSA) is 84.3 Å². The molecule has 4 aliphatic carbocycles. The zero-order chi connectivity index (χ0) is 19.4. The average molecular weight is 373 g/mol. The van der Waals surface area contributed by atoms with Crippen molar-refractivity contribution in [1.82, 2.24) is 9.97 Å². The smallest absolute Gasteiger partial charge is 0.376 e. The van der Waals surface area contributed by atoms with Gasteiger partial charge in [-0.05, 0) is 56.8 Å². The molecular weight excluding hydrogens is 342 g/mol. The quantitative estimate of drug-likeness (QED) is 0.788. The maximum Gasteiger partial charge on any atom is 0.376 e. The molecule has 27 heavy (non-hydrogen) atoms. The highest BCUT2D eigenvalue weighted by Gasteiger charge is 2.54. The zero-order valence-corrected chi connectivity index (χ0v) is 16.8. The van der Waals surface area contributed by atoms with Gasteiger partial charge in [-0.2, -0.15) is 0 Å². The van der Waals surface area contributed by atoms with Gasteiger partial charge in [0.15, 0.2) is 0 Å². The van der Waals surface area contributed by atoms with Crippen LogP contribution in [0.4, 0.5) is 5.82 Å². The number of nitrogens with zero attached hydrogens (tertiary/aromatic N) is 2. The lowest BCUT2D eigenvalue weighted by Gasteiger charge is -2.58. The minimum atomic E-state index is -0.481. The Morgan fingerprint density at radius 2 is 1.93 bits per heavy atom. The van der Waals surface area contributed by atoms with Gasteiger partial charge in [-0.15, -0.1) is 0 Å². The molecule has 148 valence electrons. The van der Waals surface area contributed by atoms with Crippen LogP contribution in [0.15, 0.2) is 6.07 Å². The summed E-state index contributed by atoms with van der Waals surface area (Å²) in [4.78, 5) is 21.2. The molecule has 5 rings (SSSR count). The molecule has 0 radical (unpaired) electrons. The van der Waals surface area contributed by atoms with Gasteiger partial charge < -0.3 is 15.2 Å². The van der Waals surface area contributed by atoms with Crippen molar-refractivity contribution in [1.29, 1.82) is 0 Å². The molecule has 0 saturated heterocycles. The average Bonchev–Trinajstić information content (AvgIpc) is 2.56. The van der Waals surface area contributed by atoms with Crippen LogP contribution in [0.2, 0.25) is 0 Å². The van der Waals surface area contributed by atoms with Gasteiger partial charge in [0, 0.05) is 17.5 Å². The first-order valence-corrected chi connectivity index (χ1v) is 10.2. The Kier molecular flexibility index (Phi) is 4.45. The Balaban J connectivity index is 1.62. The highest BCUT2D eigenvalue weighted by atomic mass is 16.5. The minimum Gasteiger partial charge on any atom is -0.460 e. The van der Waals surface area contributed by atoms with Crippen LogP contribution in [0.1, 0.15) is 76.1 Å². The van der Waals surface area contributed by atoms with Gasteiger partial charge >= 0.3 is 5.97 Å². The second kappa shape index (κ2) is 6.43. The van der Waals surface area contributed by atoms with Gasteiger partial charge in [-0.25, -0.2) is 14.8 Å². The van der Waals surface area contributed by atoms with Crippen molar-refractivity contribution in [3.05, 3.63) is 17.6 Å². The molecule has 6 heteroatoms. The second-order valence-electron chi connectivity index (χ2n) is 9.80. The summed E-state index contributed by atoms with van der Waals surface area (Å²) in [5.41, 5.74) is 0.179. The Morgan fingerprint density at radius 3 is 2.48 bits per heavy atom. The largest absolute Gasteiger partial charge is 0.460 e. The number of nitrogens with one attached hydrogen (secondary N) is 1. The van der Waals surface area contributed by atoms with Gasteiger partial charge in [0.2, 0.25) is 5.82 Å². The van der Waals surface area contributed by atoms with E-state index in [9.17, 15) is 9.90 Å². The van der Waals surface area contributed by atoms with Crippen LogP contribution in [-0.2, 0) is 10.2 Å². The third-order valence-corrected chi connectivity index (χ3v) is 6.51. The standard InChI is InChI=1S/C21H31N3O3/c1-5-27-19(25)18-22-15(20(2,3)4)8-16(24-18)23-17-13-6-12-7-14(17)11-21(26,9-12)10-13/h8,12-14,17,26H,5-7,9-11H2,1-4H3,(H,22,23,24). The van der Waals surface area contributed by atoms with Crippen molar-refractivity contribution < 1.29 is 14.6 Å². The predicted octanol–water partition coefficient (Wildman–Crippen LogP) is 3.30. The first-order valence-electron chi connectivity index (χ1n) is 10.2. The number of esters is 1. The summed E-state index contributed by atoms with van der Waals surface area (Å²) >= 11 is 0. The molecule has 2 N–H and O–H groups in total. The molecule has 4 aliphatic rings. The van der Waals surface area contributed by atoms with Crippen molar-refractivity contribution >= 4 is 11.8 Å². The molecule has 0 amide bonds. The molecule has 1 heterocycles. The molecule has 6 nitrogen and oxygen atoms in total. The maximum absolute atomic E-state index is 12.2. The predicted molar refractivity (Wildman–Crippen MR) is 103 cm³/mol. The first kappa shape index (κ1) is 18.7.